The van der Waals surface area contributed by atoms with Gasteiger partial charge in [-0.15, -0.1) is 23.2 Å². The second-order valence-corrected chi connectivity index (χ2v) is 8.68. The Hall–Kier alpha value is -0.000000000000000222. The second-order valence-electron chi connectivity index (χ2n) is 6.73. The molecule has 4 bridgehead atoms. The van der Waals surface area contributed by atoms with Crippen LogP contribution in [0.1, 0.15) is 23.3 Å². The molecule has 0 amide bonds. The smallest absolute Gasteiger partial charge is 0.217 e. The van der Waals surface area contributed by atoms with E-state index in [0.29, 0.717) is 10.1 Å². The van der Waals surface area contributed by atoms with Crippen molar-refractivity contribution < 1.29 is 14.2 Å². The number of hydrogen-bond donors (Lipinski definition) is 0. The molecule has 1 aromatic rings. The normalized spacial score (nSPS) is 46.6. The van der Waals surface area contributed by atoms with Gasteiger partial charge in [0.2, 0.25) is 5.79 Å². The first-order chi connectivity index (χ1) is 11.4. The van der Waals surface area contributed by atoms with Crippen molar-refractivity contribution in [2.75, 3.05) is 14.2 Å². The summed E-state index contributed by atoms with van der Waals surface area (Å²) in [6.07, 6.45) is -0.421. The summed E-state index contributed by atoms with van der Waals surface area (Å²) >= 11 is 27.4. The molecule has 5 rings (SSSR count). The van der Waals surface area contributed by atoms with Gasteiger partial charge in [0.25, 0.3) is 0 Å². The van der Waals surface area contributed by atoms with Crippen LogP contribution in [-0.4, -0.2) is 29.8 Å². The van der Waals surface area contributed by atoms with Crippen LogP contribution in [0.15, 0.2) is 34.3 Å². The molecule has 0 aromatic heterocycles. The summed E-state index contributed by atoms with van der Waals surface area (Å²) in [7, 11) is 3.04. The summed E-state index contributed by atoms with van der Waals surface area (Å²) in [6.45, 7) is 0. The summed E-state index contributed by atoms with van der Waals surface area (Å²) in [5.41, 5.74) is 2.25. The Morgan fingerprint density at radius 1 is 0.875 bits per heavy atom. The third-order valence-electron chi connectivity index (χ3n) is 6.22. The van der Waals surface area contributed by atoms with Crippen LogP contribution in [0, 0.1) is 11.8 Å². The molecule has 2 heterocycles. The van der Waals surface area contributed by atoms with E-state index in [1.807, 2.05) is 12.1 Å². The minimum absolute atomic E-state index is 0.188. The van der Waals surface area contributed by atoms with Gasteiger partial charge in [-0.1, -0.05) is 47.5 Å². The fraction of sp³-hybridized carbons (Fsp3) is 0.529. The highest BCUT2D eigenvalue weighted by Gasteiger charge is 2.89. The molecule has 0 radical (unpaired) electrons. The molecule has 3 nitrogen and oxygen atoms in total. The lowest BCUT2D eigenvalue weighted by molar-refractivity contribution is -0.227. The van der Waals surface area contributed by atoms with Gasteiger partial charge in [0, 0.05) is 26.1 Å². The maximum atomic E-state index is 7.13. The van der Waals surface area contributed by atoms with Crippen LogP contribution in [0.4, 0.5) is 0 Å². The first-order valence-electron chi connectivity index (χ1n) is 7.68. The van der Waals surface area contributed by atoms with Crippen LogP contribution in [0.3, 0.4) is 0 Å². The van der Waals surface area contributed by atoms with Gasteiger partial charge < -0.3 is 14.2 Å². The van der Waals surface area contributed by atoms with E-state index in [1.165, 1.54) is 14.2 Å². The minimum atomic E-state index is -1.35. The fourth-order valence-corrected chi connectivity index (χ4v) is 7.70. The first kappa shape index (κ1) is 16.2. The third kappa shape index (κ3) is 1.28. The van der Waals surface area contributed by atoms with E-state index in [1.54, 1.807) is 0 Å². The summed E-state index contributed by atoms with van der Waals surface area (Å²) in [4.78, 5) is -2.40. The quantitative estimate of drug-likeness (QED) is 0.525. The lowest BCUT2D eigenvalue weighted by Crippen LogP contribution is -2.58. The highest BCUT2D eigenvalue weighted by atomic mass is 35.5. The van der Waals surface area contributed by atoms with Gasteiger partial charge in [0.15, 0.2) is 0 Å². The van der Waals surface area contributed by atoms with Crippen molar-refractivity contribution in [3.05, 3.63) is 45.5 Å². The molecule has 6 atom stereocenters. The lowest BCUT2D eigenvalue weighted by Gasteiger charge is -2.42. The second kappa shape index (κ2) is 4.64. The Kier molecular flexibility index (Phi) is 3.13. The standard InChI is InChI=1S/C17H14Cl4O3/c1-22-17(23-2)15(20)9-10(16(17,21)14(19)13(15)18)12-8-6-4-3-5-7(8)11(9)24-12/h3-6,9-12H,1-2H3/t9-,10-,11+,12+,15+,16+/m1/s1. The highest BCUT2D eigenvalue weighted by Crippen LogP contribution is 2.81. The van der Waals surface area contributed by atoms with E-state index in [-0.39, 0.29) is 24.0 Å². The van der Waals surface area contributed by atoms with Gasteiger partial charge in [0.1, 0.15) is 9.75 Å². The van der Waals surface area contributed by atoms with Crippen molar-refractivity contribution in [2.24, 2.45) is 11.8 Å². The Bertz CT molecular complexity index is 733. The van der Waals surface area contributed by atoms with E-state index >= 15 is 0 Å². The molecule has 128 valence electrons. The number of benzene rings is 1. The van der Waals surface area contributed by atoms with Crippen molar-refractivity contribution in [1.82, 2.24) is 0 Å². The number of alkyl halides is 2. The predicted octanol–water partition coefficient (Wildman–Crippen LogP) is 4.71. The molecular weight excluding hydrogens is 394 g/mol. The Morgan fingerprint density at radius 3 is 1.67 bits per heavy atom. The average molecular weight is 408 g/mol. The van der Waals surface area contributed by atoms with E-state index in [2.05, 4.69) is 12.1 Å². The third-order valence-corrected chi connectivity index (χ3v) is 8.87. The summed E-state index contributed by atoms with van der Waals surface area (Å²) < 4.78 is 17.9. The average Bonchev–Trinajstić information content (AvgIpc) is 3.24. The van der Waals surface area contributed by atoms with Crippen LogP contribution < -0.4 is 0 Å². The zero-order valence-electron chi connectivity index (χ0n) is 12.9. The van der Waals surface area contributed by atoms with E-state index in [4.69, 9.17) is 60.6 Å². The minimum Gasteiger partial charge on any atom is -0.365 e. The Morgan fingerprint density at radius 2 is 1.29 bits per heavy atom. The largest absolute Gasteiger partial charge is 0.365 e. The number of rotatable bonds is 2. The molecular formula is C17H14Cl4O3. The van der Waals surface area contributed by atoms with Gasteiger partial charge in [-0.05, 0) is 11.1 Å². The van der Waals surface area contributed by atoms with Crippen LogP contribution in [0.25, 0.3) is 0 Å². The van der Waals surface area contributed by atoms with Crippen molar-refractivity contribution >= 4 is 46.4 Å². The molecule has 0 N–H and O–H groups in total. The fourth-order valence-electron chi connectivity index (χ4n) is 5.46. The predicted molar refractivity (Wildman–Crippen MR) is 92.6 cm³/mol. The first-order valence-corrected chi connectivity index (χ1v) is 9.20. The van der Waals surface area contributed by atoms with E-state index in [0.717, 1.165) is 11.1 Å². The van der Waals surface area contributed by atoms with Gasteiger partial charge in [-0.3, -0.25) is 0 Å². The molecule has 2 aliphatic heterocycles. The molecule has 7 heteroatoms. The number of hydrogen-bond acceptors (Lipinski definition) is 3. The summed E-state index contributed by atoms with van der Waals surface area (Å²) in [5.74, 6) is -1.73. The van der Waals surface area contributed by atoms with Crippen LogP contribution in [0.5, 0.6) is 0 Å². The highest BCUT2D eigenvalue weighted by molar-refractivity contribution is 6.52. The molecule has 0 unspecified atom stereocenters. The van der Waals surface area contributed by atoms with Crippen molar-refractivity contribution in [3.63, 3.8) is 0 Å². The Labute approximate surface area is 159 Å². The van der Waals surface area contributed by atoms with Crippen LogP contribution in [0.2, 0.25) is 0 Å². The summed E-state index contributed by atoms with van der Waals surface area (Å²) in [5, 5.41) is 0.582. The zero-order valence-corrected chi connectivity index (χ0v) is 15.9. The molecule has 24 heavy (non-hydrogen) atoms. The van der Waals surface area contributed by atoms with Gasteiger partial charge in [-0.25, -0.2) is 0 Å². The Balaban J connectivity index is 1.81. The topological polar surface area (TPSA) is 27.7 Å². The molecule has 4 aliphatic rings. The molecule has 1 saturated carbocycles. The van der Waals surface area contributed by atoms with Gasteiger partial charge >= 0.3 is 0 Å². The SMILES string of the molecule is COC1(OC)[C@@]2(Cl)C(Cl)=C(Cl)[C@@]1(Cl)[C@@H]1[C@@H]2[C@H]2O[C@H]1c1ccccc12. The maximum absolute atomic E-state index is 7.13. The molecule has 0 spiro atoms. The molecule has 2 fully saturated rings. The van der Waals surface area contributed by atoms with E-state index < -0.39 is 15.5 Å². The molecule has 1 aromatic carbocycles. The van der Waals surface area contributed by atoms with Crippen LogP contribution in [-0.2, 0) is 14.2 Å². The van der Waals surface area contributed by atoms with Crippen molar-refractivity contribution in [1.29, 1.82) is 0 Å². The monoisotopic (exact) mass is 406 g/mol. The van der Waals surface area contributed by atoms with Crippen molar-refractivity contribution in [3.8, 4) is 0 Å². The zero-order chi connectivity index (χ0) is 17.1. The molecule has 1 saturated heterocycles. The summed E-state index contributed by atoms with van der Waals surface area (Å²) in [6, 6.07) is 8.10. The number of methoxy groups -OCH3 is 2. The number of ether oxygens (including phenoxy) is 3. The maximum Gasteiger partial charge on any atom is 0.217 e. The lowest BCUT2D eigenvalue weighted by atomic mass is 9.70. The number of halogens is 4. The van der Waals surface area contributed by atoms with Gasteiger partial charge in [0.05, 0.1) is 22.3 Å². The van der Waals surface area contributed by atoms with Crippen LogP contribution >= 0.6 is 46.4 Å². The number of fused-ring (bicyclic) bond motifs is 12. The van der Waals surface area contributed by atoms with Crippen molar-refractivity contribution in [2.45, 2.75) is 27.7 Å². The van der Waals surface area contributed by atoms with Gasteiger partial charge in [-0.2, -0.15) is 0 Å². The van der Waals surface area contributed by atoms with E-state index in [9.17, 15) is 0 Å². The molecule has 2 aliphatic carbocycles.